The van der Waals surface area contributed by atoms with E-state index in [-0.39, 0.29) is 13.7 Å². The average molecular weight is 579 g/mol. The third-order valence-corrected chi connectivity index (χ3v) is 3.76. The zero-order chi connectivity index (χ0) is 14.1. The second-order valence-electron chi connectivity index (χ2n) is 3.67. The van der Waals surface area contributed by atoms with E-state index in [1.54, 1.807) is 0 Å². The molecule has 0 spiro atoms. The van der Waals surface area contributed by atoms with Crippen LogP contribution in [0.25, 0.3) is 0 Å². The van der Waals surface area contributed by atoms with Crippen molar-refractivity contribution in [3.8, 4) is 0 Å². The molecule has 0 bridgehead atoms. The van der Waals surface area contributed by atoms with Gasteiger partial charge in [0.1, 0.15) is 0 Å². The Labute approximate surface area is 135 Å². The molecule has 0 aromatic heterocycles. The summed E-state index contributed by atoms with van der Waals surface area (Å²) < 4.78 is 0. The normalized spacial score (nSPS) is 9.44. The van der Waals surface area contributed by atoms with Crippen LogP contribution in [0.5, 0.6) is 0 Å². The molecule has 0 heterocycles. The predicted octanol–water partition coefficient (Wildman–Crippen LogP) is 6.07. The Morgan fingerprint density at radius 3 is 1.67 bits per heavy atom. The van der Waals surface area contributed by atoms with E-state index < -0.39 is 8.15 Å². The maximum atomic E-state index is 9.38. The van der Waals surface area contributed by atoms with E-state index in [0.717, 1.165) is 12.3 Å². The summed E-state index contributed by atoms with van der Waals surface area (Å²) in [6.07, 6.45) is 6.95. The van der Waals surface area contributed by atoms with Crippen LogP contribution in [0.1, 0.15) is 39.5 Å². The smallest absolute Gasteiger partial charge is 0.172 e. The molecule has 0 saturated carbocycles. The molecule has 0 unspecified atom stereocenters. The quantitative estimate of drug-likeness (QED) is 0.321. The Morgan fingerprint density at radius 1 is 1.06 bits per heavy atom. The van der Waals surface area contributed by atoms with Gasteiger partial charge in [-0.2, -0.15) is 18.2 Å². The Morgan fingerprint density at radius 2 is 1.44 bits per heavy atom. The number of rotatable bonds is 6. The molecule has 0 aliphatic carbocycles. The third-order valence-electron chi connectivity index (χ3n) is 2.10. The summed E-state index contributed by atoms with van der Waals surface area (Å²) in [5, 5.41) is 0. The molecule has 18 heavy (non-hydrogen) atoms. The number of hydrogen-bond acceptors (Lipinski definition) is 1. The second-order valence-corrected chi connectivity index (χ2v) is 16.1. The topological polar surface area (TPSA) is 20.2 Å². The summed E-state index contributed by atoms with van der Waals surface area (Å²) in [6.45, 7) is 4.34. The molecule has 0 saturated heterocycles. The molecule has 1 nitrogen and oxygen atoms in total. The van der Waals surface area contributed by atoms with Crippen molar-refractivity contribution < 1.29 is 18.6 Å². The molecular formula is C13H24Br2IrOP. The summed E-state index contributed by atoms with van der Waals surface area (Å²) in [6, 6.07) is 10.0. The number of halogens is 2. The van der Waals surface area contributed by atoms with Crippen LogP contribution in [0.2, 0.25) is 0 Å². The zero-order valence-corrected chi connectivity index (χ0v) is 17.6. The van der Waals surface area contributed by atoms with Crippen LogP contribution in [0.4, 0.5) is 0 Å². The van der Waals surface area contributed by atoms with Crippen molar-refractivity contribution in [2.45, 2.75) is 39.5 Å². The van der Waals surface area contributed by atoms with Crippen LogP contribution >= 0.6 is 35.1 Å². The SMILES string of the molecule is CCCCP(O)CCCC.[Br][Ir+][Br].c1cc[cH-]c1. The van der Waals surface area contributed by atoms with E-state index in [1.807, 2.05) is 30.3 Å². The van der Waals surface area contributed by atoms with Crippen LogP contribution in [-0.2, 0) is 13.7 Å². The van der Waals surface area contributed by atoms with E-state index in [4.69, 9.17) is 0 Å². The molecule has 0 atom stereocenters. The van der Waals surface area contributed by atoms with Gasteiger partial charge in [-0.25, -0.2) is 12.1 Å². The average Bonchev–Trinajstić information content (AvgIpc) is 2.93. The van der Waals surface area contributed by atoms with Crippen molar-refractivity contribution in [2.75, 3.05) is 12.3 Å². The molecule has 110 valence electrons. The summed E-state index contributed by atoms with van der Waals surface area (Å²) in [4.78, 5) is 9.38. The number of hydrogen-bond donors (Lipinski definition) is 1. The van der Waals surface area contributed by atoms with Gasteiger partial charge in [-0.05, 0) is 25.2 Å². The van der Waals surface area contributed by atoms with E-state index in [0.29, 0.717) is 0 Å². The van der Waals surface area contributed by atoms with Crippen LogP contribution < -0.4 is 0 Å². The van der Waals surface area contributed by atoms with Crippen LogP contribution in [0.15, 0.2) is 30.3 Å². The maximum absolute atomic E-state index is 9.38. The van der Waals surface area contributed by atoms with Gasteiger partial charge in [0.05, 0.1) is 0 Å². The van der Waals surface area contributed by atoms with Crippen molar-refractivity contribution in [2.24, 2.45) is 0 Å². The first-order valence-corrected chi connectivity index (χ1v) is 18.3. The van der Waals surface area contributed by atoms with Gasteiger partial charge in [0.2, 0.25) is 0 Å². The Hall–Kier alpha value is 1.35. The Kier molecular flexibility index (Phi) is 24.8. The minimum absolute atomic E-state index is 0.125. The van der Waals surface area contributed by atoms with Gasteiger partial charge in [-0.1, -0.05) is 26.7 Å². The van der Waals surface area contributed by atoms with Crippen LogP contribution in [0, 0.1) is 0 Å². The third kappa shape index (κ3) is 22.5. The standard InChI is InChI=1S/C8H19OP.C5H5.2BrH.Ir/c1-3-5-7-10(9)8-6-4-2;1-2-4-5-3-1;;;/h9H,3-8H2,1-2H3;1-5H;2*1H;/q;-1;;;+3/p-2. The summed E-state index contributed by atoms with van der Waals surface area (Å²) in [5.74, 6) is 0. The first-order valence-electron chi connectivity index (χ1n) is 6.17. The molecule has 0 fully saturated rings. The summed E-state index contributed by atoms with van der Waals surface area (Å²) in [5.41, 5.74) is 0. The Balaban J connectivity index is 0. The van der Waals surface area contributed by atoms with Gasteiger partial charge in [0.25, 0.3) is 0 Å². The van der Waals surface area contributed by atoms with E-state index >= 15 is 0 Å². The summed E-state index contributed by atoms with van der Waals surface area (Å²) >= 11 is 6.50. The first-order chi connectivity index (χ1) is 8.72. The van der Waals surface area contributed by atoms with Crippen molar-refractivity contribution in [1.29, 1.82) is 0 Å². The minimum Gasteiger partial charge on any atom is -0.214 e. The minimum atomic E-state index is -0.592. The van der Waals surface area contributed by atoms with Gasteiger partial charge in [-0.15, -0.1) is 0 Å². The van der Waals surface area contributed by atoms with Crippen molar-refractivity contribution >= 4 is 35.1 Å². The second kappa shape index (κ2) is 20.7. The predicted molar refractivity (Wildman–Crippen MR) is 88.6 cm³/mol. The van der Waals surface area contributed by atoms with Crippen LogP contribution in [-0.4, -0.2) is 17.2 Å². The largest absolute Gasteiger partial charge is 0.214 e. The molecule has 5 heteroatoms. The first kappa shape index (κ1) is 21.6. The van der Waals surface area contributed by atoms with E-state index in [1.165, 1.54) is 25.7 Å². The molecular weight excluding hydrogens is 555 g/mol. The molecule has 0 aliphatic heterocycles. The fourth-order valence-electron chi connectivity index (χ4n) is 1.11. The van der Waals surface area contributed by atoms with Gasteiger partial charge >= 0.3 is 40.7 Å². The fraction of sp³-hybridized carbons (Fsp3) is 0.615. The van der Waals surface area contributed by atoms with Gasteiger partial charge in [-0.3, -0.25) is 0 Å². The van der Waals surface area contributed by atoms with Gasteiger partial charge in [0.15, 0.2) is 0 Å². The molecule has 0 aliphatic rings. The van der Waals surface area contributed by atoms with E-state index in [2.05, 4.69) is 40.8 Å². The zero-order valence-electron chi connectivity index (χ0n) is 11.1. The van der Waals surface area contributed by atoms with Gasteiger partial charge in [0, 0.05) is 8.15 Å². The molecule has 0 radical (unpaired) electrons. The monoisotopic (exact) mass is 578 g/mol. The fourth-order valence-corrected chi connectivity index (χ4v) is 2.70. The van der Waals surface area contributed by atoms with Crippen LogP contribution in [0.3, 0.4) is 0 Å². The number of unbranched alkanes of at least 4 members (excludes halogenated alkanes) is 2. The van der Waals surface area contributed by atoms with E-state index in [9.17, 15) is 4.89 Å². The van der Waals surface area contributed by atoms with Crippen molar-refractivity contribution in [3.63, 3.8) is 0 Å². The van der Waals surface area contributed by atoms with Crippen molar-refractivity contribution in [1.82, 2.24) is 0 Å². The molecule has 1 rings (SSSR count). The maximum Gasteiger partial charge on any atom is -0.172 e. The molecule has 1 aromatic carbocycles. The molecule has 1 N–H and O–H groups in total. The summed E-state index contributed by atoms with van der Waals surface area (Å²) in [7, 11) is -0.592. The molecule has 0 amide bonds. The molecule has 1 aromatic rings. The Bertz CT molecular complexity index is 186. The van der Waals surface area contributed by atoms with Crippen molar-refractivity contribution in [3.05, 3.63) is 30.3 Å². The van der Waals surface area contributed by atoms with Gasteiger partial charge < -0.3 is 4.89 Å².